The summed E-state index contributed by atoms with van der Waals surface area (Å²) < 4.78 is 30.2. The van der Waals surface area contributed by atoms with Crippen molar-refractivity contribution in [1.82, 2.24) is 10.3 Å². The number of fused-ring (bicyclic) bond motifs is 1. The van der Waals surface area contributed by atoms with Crippen molar-refractivity contribution in [1.29, 1.82) is 0 Å². The van der Waals surface area contributed by atoms with Gasteiger partial charge in [-0.3, -0.25) is 4.79 Å². The lowest BCUT2D eigenvalue weighted by Crippen LogP contribution is -2.30. The number of rotatable bonds is 9. The van der Waals surface area contributed by atoms with E-state index in [9.17, 15) is 18.3 Å². The number of amides is 1. The molecule has 192 valence electrons. The van der Waals surface area contributed by atoms with Crippen molar-refractivity contribution >= 4 is 26.5 Å². The zero-order chi connectivity index (χ0) is 25.7. The average Bonchev–Trinajstić information content (AvgIpc) is 2.91. The molecule has 0 radical (unpaired) electrons. The standard InChI is InChI=1S/C28H34N2O5S/c1-3-36(33,34)24-11-8-21(9-12-24)26(17-31)30-27(32)23-10-13-25-22(16-23)14-15-29-28(25)35-18-20-6-4-19(2)5-7-20/h8-16,19-20,26,31H,3-7,17-18H2,1-2H3,(H,30,32)/t19-,20-,26-/m0/s1. The fourth-order valence-electron chi connectivity index (χ4n) is 4.65. The molecule has 0 saturated heterocycles. The monoisotopic (exact) mass is 510 g/mol. The lowest BCUT2D eigenvalue weighted by Gasteiger charge is -2.26. The Morgan fingerprint density at radius 3 is 2.50 bits per heavy atom. The van der Waals surface area contributed by atoms with Crippen LogP contribution in [0.1, 0.15) is 61.5 Å². The van der Waals surface area contributed by atoms with E-state index in [1.807, 2.05) is 12.1 Å². The van der Waals surface area contributed by atoms with E-state index < -0.39 is 15.9 Å². The van der Waals surface area contributed by atoms with Crippen LogP contribution in [0.3, 0.4) is 0 Å². The van der Waals surface area contributed by atoms with Gasteiger partial charge in [0.1, 0.15) is 0 Å². The van der Waals surface area contributed by atoms with Crippen LogP contribution >= 0.6 is 0 Å². The van der Waals surface area contributed by atoms with Crippen molar-refractivity contribution in [2.75, 3.05) is 19.0 Å². The van der Waals surface area contributed by atoms with Gasteiger partial charge in [-0.2, -0.15) is 0 Å². The number of pyridine rings is 1. The summed E-state index contributed by atoms with van der Waals surface area (Å²) in [6, 6.07) is 12.8. The number of nitrogens with zero attached hydrogens (tertiary/aromatic N) is 1. The normalized spacial score (nSPS) is 19.1. The van der Waals surface area contributed by atoms with Gasteiger partial charge in [-0.05, 0) is 72.0 Å². The summed E-state index contributed by atoms with van der Waals surface area (Å²) in [5, 5.41) is 14.4. The summed E-state index contributed by atoms with van der Waals surface area (Å²) in [7, 11) is -3.32. The maximum Gasteiger partial charge on any atom is 0.251 e. The molecular weight excluding hydrogens is 476 g/mol. The van der Waals surface area contributed by atoms with Gasteiger partial charge in [0, 0.05) is 17.1 Å². The third-order valence-corrected chi connectivity index (χ3v) is 8.84. The number of sulfone groups is 1. The summed E-state index contributed by atoms with van der Waals surface area (Å²) in [6.07, 6.45) is 6.53. The molecule has 0 bridgehead atoms. The van der Waals surface area contributed by atoms with E-state index in [1.54, 1.807) is 37.4 Å². The minimum atomic E-state index is -3.32. The zero-order valence-corrected chi connectivity index (χ0v) is 21.6. The molecule has 1 aliphatic carbocycles. The number of benzene rings is 2. The molecule has 0 spiro atoms. The number of carbonyl (C=O) groups is 1. The summed E-state index contributed by atoms with van der Waals surface area (Å²) in [5.41, 5.74) is 1.07. The third kappa shape index (κ3) is 6.05. The molecule has 36 heavy (non-hydrogen) atoms. The van der Waals surface area contributed by atoms with E-state index in [-0.39, 0.29) is 23.2 Å². The number of hydrogen-bond acceptors (Lipinski definition) is 6. The van der Waals surface area contributed by atoms with Crippen LogP contribution in [-0.2, 0) is 9.84 Å². The van der Waals surface area contributed by atoms with Crippen LogP contribution in [0, 0.1) is 11.8 Å². The maximum absolute atomic E-state index is 13.0. The Hall–Kier alpha value is -2.97. The molecule has 1 heterocycles. The Balaban J connectivity index is 1.45. The first-order valence-electron chi connectivity index (χ1n) is 12.6. The van der Waals surface area contributed by atoms with E-state index in [1.165, 1.54) is 37.8 Å². The molecular formula is C28H34N2O5S. The molecule has 2 aromatic carbocycles. The summed E-state index contributed by atoms with van der Waals surface area (Å²) in [4.78, 5) is 17.6. The molecule has 7 nitrogen and oxygen atoms in total. The average molecular weight is 511 g/mol. The SMILES string of the molecule is CCS(=O)(=O)c1ccc([C@H](CO)NC(=O)c2ccc3c(OC[C@H]4CC[C@H](C)CC4)nccc3c2)cc1. The first-order chi connectivity index (χ1) is 17.3. The summed E-state index contributed by atoms with van der Waals surface area (Å²) in [6.45, 7) is 4.22. The zero-order valence-electron chi connectivity index (χ0n) is 20.8. The highest BCUT2D eigenvalue weighted by molar-refractivity contribution is 7.91. The topological polar surface area (TPSA) is 106 Å². The lowest BCUT2D eigenvalue weighted by atomic mass is 9.83. The quantitative estimate of drug-likeness (QED) is 0.432. The molecule has 4 rings (SSSR count). The fraction of sp³-hybridized carbons (Fsp3) is 0.429. The van der Waals surface area contributed by atoms with Crippen LogP contribution in [-0.4, -0.2) is 43.4 Å². The van der Waals surface area contributed by atoms with Crippen molar-refractivity contribution in [3.8, 4) is 5.88 Å². The summed E-state index contributed by atoms with van der Waals surface area (Å²) in [5.74, 6) is 1.60. The minimum Gasteiger partial charge on any atom is -0.477 e. The van der Waals surface area contributed by atoms with Crippen LogP contribution in [0.4, 0.5) is 0 Å². The van der Waals surface area contributed by atoms with Crippen molar-refractivity contribution in [2.45, 2.75) is 50.5 Å². The summed E-state index contributed by atoms with van der Waals surface area (Å²) >= 11 is 0. The second-order valence-electron chi connectivity index (χ2n) is 9.67. The number of aliphatic hydroxyl groups excluding tert-OH is 1. The molecule has 1 atom stereocenters. The van der Waals surface area contributed by atoms with Gasteiger partial charge >= 0.3 is 0 Å². The lowest BCUT2D eigenvalue weighted by molar-refractivity contribution is 0.0916. The molecule has 1 amide bonds. The third-order valence-electron chi connectivity index (χ3n) is 7.09. The van der Waals surface area contributed by atoms with Crippen LogP contribution in [0.25, 0.3) is 10.8 Å². The molecule has 3 aromatic rings. The minimum absolute atomic E-state index is 0.0105. The first kappa shape index (κ1) is 26.1. The van der Waals surface area contributed by atoms with E-state index in [2.05, 4.69) is 17.2 Å². The number of aliphatic hydroxyl groups is 1. The predicted molar refractivity (Wildman–Crippen MR) is 140 cm³/mol. The Kier molecular flexibility index (Phi) is 8.26. The van der Waals surface area contributed by atoms with E-state index in [0.29, 0.717) is 29.5 Å². The molecule has 1 aromatic heterocycles. The van der Waals surface area contributed by atoms with Gasteiger partial charge in [0.15, 0.2) is 9.84 Å². The van der Waals surface area contributed by atoms with Gasteiger partial charge in [0.25, 0.3) is 5.91 Å². The highest BCUT2D eigenvalue weighted by Crippen LogP contribution is 2.30. The highest BCUT2D eigenvalue weighted by Gasteiger charge is 2.20. The second-order valence-corrected chi connectivity index (χ2v) is 11.9. The van der Waals surface area contributed by atoms with Crippen molar-refractivity contribution in [3.63, 3.8) is 0 Å². The molecule has 1 fully saturated rings. The fourth-order valence-corrected chi connectivity index (χ4v) is 5.53. The number of aromatic nitrogens is 1. The number of nitrogens with one attached hydrogen (secondary N) is 1. The predicted octanol–water partition coefficient (Wildman–Crippen LogP) is 4.70. The largest absolute Gasteiger partial charge is 0.477 e. The molecule has 1 aliphatic rings. The Labute approximate surface area is 212 Å². The maximum atomic E-state index is 13.0. The van der Waals surface area contributed by atoms with Crippen LogP contribution in [0.5, 0.6) is 5.88 Å². The van der Waals surface area contributed by atoms with E-state index in [4.69, 9.17) is 4.74 Å². The van der Waals surface area contributed by atoms with Gasteiger partial charge in [0.2, 0.25) is 5.88 Å². The Morgan fingerprint density at radius 1 is 1.11 bits per heavy atom. The molecule has 2 N–H and O–H groups in total. The Bertz CT molecular complexity index is 1300. The Morgan fingerprint density at radius 2 is 1.83 bits per heavy atom. The second kappa shape index (κ2) is 11.4. The van der Waals surface area contributed by atoms with Gasteiger partial charge in [-0.1, -0.05) is 38.8 Å². The number of carbonyl (C=O) groups excluding carboxylic acids is 1. The first-order valence-corrected chi connectivity index (χ1v) is 14.2. The van der Waals surface area contributed by atoms with Crippen molar-refractivity contribution in [3.05, 3.63) is 65.9 Å². The smallest absolute Gasteiger partial charge is 0.251 e. The highest BCUT2D eigenvalue weighted by atomic mass is 32.2. The molecule has 8 heteroatoms. The van der Waals surface area contributed by atoms with Crippen LogP contribution < -0.4 is 10.1 Å². The van der Waals surface area contributed by atoms with Gasteiger partial charge in [0.05, 0.1) is 29.9 Å². The van der Waals surface area contributed by atoms with Gasteiger partial charge in [-0.15, -0.1) is 0 Å². The van der Waals surface area contributed by atoms with E-state index in [0.717, 1.165) is 16.7 Å². The van der Waals surface area contributed by atoms with Crippen LogP contribution in [0.2, 0.25) is 0 Å². The molecule has 0 unspecified atom stereocenters. The van der Waals surface area contributed by atoms with Crippen molar-refractivity contribution in [2.24, 2.45) is 11.8 Å². The van der Waals surface area contributed by atoms with Crippen molar-refractivity contribution < 1.29 is 23.1 Å². The molecule has 0 aliphatic heterocycles. The van der Waals surface area contributed by atoms with Gasteiger partial charge in [-0.25, -0.2) is 13.4 Å². The van der Waals surface area contributed by atoms with Crippen LogP contribution in [0.15, 0.2) is 59.6 Å². The van der Waals surface area contributed by atoms with Gasteiger partial charge < -0.3 is 15.2 Å². The number of hydrogen-bond donors (Lipinski definition) is 2. The molecule has 1 saturated carbocycles. The number of ether oxygens (including phenoxy) is 1. The van der Waals surface area contributed by atoms with E-state index >= 15 is 0 Å².